The molecule has 2 saturated heterocycles. The minimum Gasteiger partial charge on any atom is -0.462 e. The molecule has 0 saturated carbocycles. The average molecular weight is 314 g/mol. The minimum absolute atomic E-state index is 0.318. The zero-order chi connectivity index (χ0) is 16.3. The molecule has 2 aliphatic heterocycles. The van der Waals surface area contributed by atoms with Gasteiger partial charge in [0.1, 0.15) is 5.60 Å². The van der Waals surface area contributed by atoms with Crippen LogP contribution in [0, 0.1) is 5.92 Å². The van der Waals surface area contributed by atoms with Crippen LogP contribution in [0.15, 0.2) is 0 Å². The van der Waals surface area contributed by atoms with Gasteiger partial charge in [-0.2, -0.15) is 0 Å². The Morgan fingerprint density at radius 3 is 2.32 bits per heavy atom. The van der Waals surface area contributed by atoms with Crippen LogP contribution in [0.2, 0.25) is 0 Å². The van der Waals surface area contributed by atoms with E-state index in [1.807, 2.05) is 20.8 Å². The summed E-state index contributed by atoms with van der Waals surface area (Å²) in [5, 5.41) is 3.39. The molecule has 0 unspecified atom stereocenters. The van der Waals surface area contributed by atoms with Crippen molar-refractivity contribution in [2.24, 2.45) is 5.92 Å². The summed E-state index contributed by atoms with van der Waals surface area (Å²) in [6, 6.07) is 0. The summed E-state index contributed by atoms with van der Waals surface area (Å²) >= 11 is 0. The Labute approximate surface area is 135 Å². The number of carbonyl (C=O) groups excluding carboxylic acids is 1. The molecule has 22 heavy (non-hydrogen) atoms. The molecule has 0 atom stereocenters. The third-order valence-corrected chi connectivity index (χ3v) is 3.96. The van der Waals surface area contributed by atoms with Crippen LogP contribution >= 0.6 is 0 Å². The van der Waals surface area contributed by atoms with Gasteiger partial charge in [0.2, 0.25) is 0 Å². The molecule has 0 spiro atoms. The molecule has 0 aliphatic carbocycles. The zero-order valence-corrected chi connectivity index (χ0v) is 14.6. The number of hydrogen-bond acceptors (Lipinski definition) is 5. The normalized spacial score (nSPS) is 20.3. The molecule has 130 valence electrons. The lowest BCUT2D eigenvalue weighted by Crippen LogP contribution is -2.31. The van der Waals surface area contributed by atoms with Crippen LogP contribution in [0.25, 0.3) is 0 Å². The summed E-state index contributed by atoms with van der Waals surface area (Å²) in [4.78, 5) is 12.1. The molecule has 5 nitrogen and oxygen atoms in total. The van der Waals surface area contributed by atoms with Gasteiger partial charge in [0, 0.05) is 13.2 Å². The summed E-state index contributed by atoms with van der Waals surface area (Å²) < 4.78 is 10.3. The van der Waals surface area contributed by atoms with Crippen LogP contribution in [0.5, 0.6) is 0 Å². The van der Waals surface area contributed by atoms with Gasteiger partial charge in [-0.25, -0.2) is 0 Å². The van der Waals surface area contributed by atoms with Gasteiger partial charge in [0.15, 0.2) is 0 Å². The quantitative estimate of drug-likeness (QED) is 0.601. The number of carbonyl (C=O) groups is 1. The van der Waals surface area contributed by atoms with Gasteiger partial charge >= 0.3 is 0 Å². The number of likely N-dealkylation sites (tertiary alicyclic amines) is 1. The van der Waals surface area contributed by atoms with Gasteiger partial charge in [0.25, 0.3) is 6.47 Å². The van der Waals surface area contributed by atoms with E-state index in [1.54, 1.807) is 0 Å². The number of hydrogen-bond donors (Lipinski definition) is 1. The first-order valence-corrected chi connectivity index (χ1v) is 8.63. The fourth-order valence-corrected chi connectivity index (χ4v) is 2.64. The maximum Gasteiger partial charge on any atom is 0.293 e. The largest absolute Gasteiger partial charge is 0.462 e. The Morgan fingerprint density at radius 2 is 1.82 bits per heavy atom. The number of rotatable bonds is 6. The number of ether oxygens (including phenoxy) is 2. The summed E-state index contributed by atoms with van der Waals surface area (Å²) in [5.41, 5.74) is -0.318. The second-order valence-electron chi connectivity index (χ2n) is 7.14. The molecule has 2 heterocycles. The molecule has 0 amide bonds. The van der Waals surface area contributed by atoms with Crippen LogP contribution in [-0.4, -0.2) is 62.9 Å². The first kappa shape index (κ1) is 19.4. The molecule has 0 aromatic carbocycles. The molecule has 0 bridgehead atoms. The fourth-order valence-electron chi connectivity index (χ4n) is 2.64. The Morgan fingerprint density at radius 1 is 1.18 bits per heavy atom. The highest BCUT2D eigenvalue weighted by Gasteiger charge is 2.14. The van der Waals surface area contributed by atoms with Crippen LogP contribution < -0.4 is 5.32 Å². The number of piperidine rings is 1. The summed E-state index contributed by atoms with van der Waals surface area (Å²) in [6.07, 6.45) is 5.36. The van der Waals surface area contributed by atoms with Gasteiger partial charge in [0.05, 0.1) is 6.61 Å². The van der Waals surface area contributed by atoms with Crippen molar-refractivity contribution in [2.45, 2.75) is 52.1 Å². The summed E-state index contributed by atoms with van der Waals surface area (Å²) in [7, 11) is 0. The van der Waals surface area contributed by atoms with E-state index in [-0.39, 0.29) is 5.60 Å². The van der Waals surface area contributed by atoms with Crippen LogP contribution in [0.3, 0.4) is 0 Å². The Balaban J connectivity index is 0.000000295. The minimum atomic E-state index is -0.318. The highest BCUT2D eigenvalue weighted by molar-refractivity contribution is 5.37. The van der Waals surface area contributed by atoms with Gasteiger partial charge in [-0.05, 0) is 78.6 Å². The van der Waals surface area contributed by atoms with Crippen molar-refractivity contribution >= 4 is 6.47 Å². The number of nitrogens with one attached hydrogen (secondary N) is 1. The lowest BCUT2D eigenvalue weighted by molar-refractivity contribution is -0.138. The van der Waals surface area contributed by atoms with Crippen molar-refractivity contribution in [3.05, 3.63) is 0 Å². The first-order valence-electron chi connectivity index (χ1n) is 8.63. The second-order valence-corrected chi connectivity index (χ2v) is 7.14. The van der Waals surface area contributed by atoms with Crippen LogP contribution in [0.1, 0.15) is 46.5 Å². The smallest absolute Gasteiger partial charge is 0.293 e. The molecular formula is C17H34N2O3. The molecular weight excluding hydrogens is 280 g/mol. The van der Waals surface area contributed by atoms with E-state index >= 15 is 0 Å². The van der Waals surface area contributed by atoms with E-state index in [0.29, 0.717) is 6.47 Å². The average Bonchev–Trinajstić information content (AvgIpc) is 2.97. The monoisotopic (exact) mass is 314 g/mol. The second kappa shape index (κ2) is 11.0. The lowest BCUT2D eigenvalue weighted by Gasteiger charge is -2.23. The fraction of sp³-hybridized carbons (Fsp3) is 0.941. The van der Waals surface area contributed by atoms with Crippen molar-refractivity contribution in [3.63, 3.8) is 0 Å². The summed E-state index contributed by atoms with van der Waals surface area (Å²) in [6.45, 7) is 13.9. The molecule has 2 aliphatic rings. The molecule has 0 radical (unpaired) electrons. The highest BCUT2D eigenvalue weighted by atomic mass is 16.5. The van der Waals surface area contributed by atoms with Gasteiger partial charge in [-0.3, -0.25) is 4.79 Å². The predicted molar refractivity (Wildman–Crippen MR) is 89.0 cm³/mol. The highest BCUT2D eigenvalue weighted by Crippen LogP contribution is 2.12. The maximum absolute atomic E-state index is 9.60. The summed E-state index contributed by atoms with van der Waals surface area (Å²) in [5.74, 6) is 0.810. The molecule has 1 N–H and O–H groups in total. The van der Waals surface area contributed by atoms with E-state index < -0.39 is 0 Å². The predicted octanol–water partition coefficient (Wildman–Crippen LogP) is 2.06. The van der Waals surface area contributed by atoms with Crippen molar-refractivity contribution < 1.29 is 14.3 Å². The van der Waals surface area contributed by atoms with Crippen LogP contribution in [0.4, 0.5) is 0 Å². The Hall–Kier alpha value is -0.650. The van der Waals surface area contributed by atoms with Crippen LogP contribution in [-0.2, 0) is 14.3 Å². The molecule has 0 aromatic heterocycles. The standard InChI is InChI=1S/C12H24N2O.C5H10O2/c1-2-8-14(7-1)9-10-15-11-12-3-5-13-6-4-12;1-5(2,3)7-4-6/h12-13H,1-11H2;4H,1-3H3. The van der Waals surface area contributed by atoms with E-state index in [0.717, 1.165) is 25.7 Å². The maximum atomic E-state index is 9.60. The van der Waals surface area contributed by atoms with Crippen molar-refractivity contribution in [2.75, 3.05) is 45.9 Å². The van der Waals surface area contributed by atoms with E-state index in [1.165, 1.54) is 51.9 Å². The SMILES string of the molecule is C1CCN(CCOCC2CCNCC2)C1.CC(C)(C)OC=O. The first-order chi connectivity index (χ1) is 10.5. The van der Waals surface area contributed by atoms with E-state index in [9.17, 15) is 4.79 Å². The molecule has 2 rings (SSSR count). The lowest BCUT2D eigenvalue weighted by atomic mass is 9.99. The van der Waals surface area contributed by atoms with E-state index in [2.05, 4.69) is 15.0 Å². The van der Waals surface area contributed by atoms with Gasteiger partial charge < -0.3 is 19.7 Å². The van der Waals surface area contributed by atoms with Crippen molar-refractivity contribution in [1.82, 2.24) is 10.2 Å². The van der Waals surface area contributed by atoms with Crippen molar-refractivity contribution in [3.8, 4) is 0 Å². The van der Waals surface area contributed by atoms with E-state index in [4.69, 9.17) is 4.74 Å². The molecule has 2 fully saturated rings. The Bertz CT molecular complexity index is 280. The molecule has 5 heteroatoms. The third kappa shape index (κ3) is 10.1. The Kier molecular flexibility index (Phi) is 9.68. The van der Waals surface area contributed by atoms with Gasteiger partial charge in [-0.1, -0.05) is 0 Å². The number of nitrogens with zero attached hydrogens (tertiary/aromatic N) is 1. The third-order valence-electron chi connectivity index (χ3n) is 3.96. The van der Waals surface area contributed by atoms with Crippen molar-refractivity contribution in [1.29, 1.82) is 0 Å². The van der Waals surface area contributed by atoms with Gasteiger partial charge in [-0.15, -0.1) is 0 Å². The topological polar surface area (TPSA) is 50.8 Å². The molecule has 0 aromatic rings. The zero-order valence-electron chi connectivity index (χ0n) is 14.6.